The zero-order chi connectivity index (χ0) is 18.7. The molecule has 1 aliphatic heterocycles. The molecule has 27 heavy (non-hydrogen) atoms. The minimum Gasteiger partial charge on any atom is -0.447 e. The summed E-state index contributed by atoms with van der Waals surface area (Å²) >= 11 is 0. The summed E-state index contributed by atoms with van der Waals surface area (Å²) in [6, 6.07) is 6.87. The van der Waals surface area contributed by atoms with E-state index < -0.39 is 0 Å². The van der Waals surface area contributed by atoms with Crippen LogP contribution in [0.5, 0.6) is 0 Å². The number of amides is 1. The number of rotatable bonds is 4. The van der Waals surface area contributed by atoms with Gasteiger partial charge in [-0.1, -0.05) is 30.0 Å². The Morgan fingerprint density at radius 2 is 2.30 bits per heavy atom. The maximum Gasteiger partial charge on any atom is 0.407 e. The highest BCUT2D eigenvalue weighted by Gasteiger charge is 2.45. The van der Waals surface area contributed by atoms with Gasteiger partial charge in [0.1, 0.15) is 6.61 Å². The van der Waals surface area contributed by atoms with Crippen molar-refractivity contribution in [1.29, 1.82) is 0 Å². The lowest BCUT2D eigenvalue weighted by Crippen LogP contribution is -2.40. The summed E-state index contributed by atoms with van der Waals surface area (Å²) < 4.78 is 10.2. The highest BCUT2D eigenvalue weighted by molar-refractivity contribution is 5.71. The zero-order valence-corrected chi connectivity index (χ0v) is 16.0. The van der Waals surface area contributed by atoms with E-state index in [0.717, 1.165) is 51.6 Å². The smallest absolute Gasteiger partial charge is 0.407 e. The lowest BCUT2D eigenvalue weighted by atomic mass is 9.87. The van der Waals surface area contributed by atoms with Crippen molar-refractivity contribution in [3.8, 4) is 11.8 Å². The number of methoxy groups -OCH3 is 1. The molecular weight excluding hydrogens is 338 g/mol. The molecule has 4 nitrogen and oxygen atoms in total. The average Bonchev–Trinajstić information content (AvgIpc) is 3.27. The summed E-state index contributed by atoms with van der Waals surface area (Å²) in [5.74, 6) is 7.10. The van der Waals surface area contributed by atoms with E-state index in [0.29, 0.717) is 12.5 Å². The van der Waals surface area contributed by atoms with Crippen molar-refractivity contribution in [3.63, 3.8) is 0 Å². The van der Waals surface area contributed by atoms with E-state index in [4.69, 9.17) is 9.47 Å². The molecule has 2 atom stereocenters. The number of fused-ring (bicyclic) bond motifs is 1. The Labute approximate surface area is 161 Å². The number of carbonyl (C=O) groups excluding carboxylic acids is 1. The van der Waals surface area contributed by atoms with E-state index in [9.17, 15) is 4.79 Å². The van der Waals surface area contributed by atoms with Crippen LogP contribution in [-0.4, -0.2) is 32.0 Å². The Morgan fingerprint density at radius 3 is 3.11 bits per heavy atom. The van der Waals surface area contributed by atoms with E-state index in [1.165, 1.54) is 22.3 Å². The number of nitrogens with one attached hydrogen (secondary N) is 1. The topological polar surface area (TPSA) is 47.6 Å². The first kappa shape index (κ1) is 18.1. The van der Waals surface area contributed by atoms with Crippen molar-refractivity contribution in [2.75, 3.05) is 20.3 Å². The fourth-order valence-corrected chi connectivity index (χ4v) is 4.49. The normalized spacial score (nSPS) is 26.0. The number of carbonyl (C=O) groups is 1. The van der Waals surface area contributed by atoms with Crippen LogP contribution in [0.2, 0.25) is 0 Å². The van der Waals surface area contributed by atoms with Crippen LogP contribution >= 0.6 is 0 Å². The lowest BCUT2D eigenvalue weighted by molar-refractivity contribution is 0.172. The molecule has 0 radical (unpaired) electrons. The predicted octanol–water partition coefficient (Wildman–Crippen LogP) is 4.19. The second kappa shape index (κ2) is 7.78. The van der Waals surface area contributed by atoms with Gasteiger partial charge in [0.2, 0.25) is 0 Å². The molecule has 2 fully saturated rings. The minimum absolute atomic E-state index is 0.136. The van der Waals surface area contributed by atoms with Crippen LogP contribution in [0.1, 0.15) is 61.1 Å². The monoisotopic (exact) mass is 365 g/mol. The van der Waals surface area contributed by atoms with Crippen LogP contribution in [0.3, 0.4) is 0 Å². The zero-order valence-electron chi connectivity index (χ0n) is 16.0. The average molecular weight is 365 g/mol. The molecule has 1 unspecified atom stereocenters. The van der Waals surface area contributed by atoms with E-state index >= 15 is 0 Å². The molecule has 2 aliphatic carbocycles. The van der Waals surface area contributed by atoms with Crippen LogP contribution in [0, 0.1) is 11.8 Å². The van der Waals surface area contributed by atoms with E-state index in [1.807, 2.05) is 0 Å². The highest BCUT2D eigenvalue weighted by atomic mass is 16.6. The van der Waals surface area contributed by atoms with Crippen molar-refractivity contribution < 1.29 is 14.3 Å². The van der Waals surface area contributed by atoms with E-state index in [-0.39, 0.29) is 11.6 Å². The van der Waals surface area contributed by atoms with Crippen molar-refractivity contribution in [1.82, 2.24) is 5.32 Å². The molecule has 1 aromatic carbocycles. The fraction of sp³-hybridized carbons (Fsp3) is 0.522. The molecule has 1 aromatic rings. The standard InChI is InChI=1S/C23H27NO3/c1-26-12-4-2-3-5-17-6-7-19-14-20(9-8-18(19)13-17)21-10-11-23(15-21)16-27-22(25)24-23/h8-9,13-14,21H,2,4,6-7,10-12,15-16H2,1H3,(H,24,25)/t21?,23-/m1/s1. The Kier molecular flexibility index (Phi) is 5.22. The highest BCUT2D eigenvalue weighted by Crippen LogP contribution is 2.43. The molecule has 4 heteroatoms. The Bertz CT molecular complexity index is 817. The first-order chi connectivity index (χ1) is 13.2. The van der Waals surface area contributed by atoms with Crippen LogP contribution in [-0.2, 0) is 15.9 Å². The number of cyclic esters (lactones) is 1. The van der Waals surface area contributed by atoms with Crippen LogP contribution in [0.4, 0.5) is 4.79 Å². The van der Waals surface area contributed by atoms with Crippen molar-refractivity contribution >= 4 is 12.2 Å². The van der Waals surface area contributed by atoms with E-state index in [1.54, 1.807) is 7.11 Å². The Morgan fingerprint density at radius 1 is 1.37 bits per heavy atom. The predicted molar refractivity (Wildman–Crippen MR) is 105 cm³/mol. The molecule has 1 N–H and O–H groups in total. The molecule has 1 spiro atoms. The maximum atomic E-state index is 11.4. The number of ether oxygens (including phenoxy) is 2. The summed E-state index contributed by atoms with van der Waals surface area (Å²) in [6.45, 7) is 1.29. The second-order valence-electron chi connectivity index (χ2n) is 7.95. The van der Waals surface area contributed by atoms with Crippen LogP contribution in [0.15, 0.2) is 23.8 Å². The number of aryl methyl sites for hydroxylation is 1. The fourth-order valence-electron chi connectivity index (χ4n) is 4.49. The first-order valence-corrected chi connectivity index (χ1v) is 9.94. The van der Waals surface area contributed by atoms with Crippen LogP contribution < -0.4 is 5.32 Å². The molecular formula is C23H27NO3. The molecule has 0 bridgehead atoms. The summed E-state index contributed by atoms with van der Waals surface area (Å²) in [7, 11) is 1.73. The van der Waals surface area contributed by atoms with E-state index in [2.05, 4.69) is 41.4 Å². The van der Waals surface area contributed by atoms with Crippen LogP contribution in [0.25, 0.3) is 6.08 Å². The number of alkyl carbamates (subject to hydrolysis) is 1. The maximum absolute atomic E-state index is 11.4. The Balaban J connectivity index is 1.42. The molecule has 1 saturated heterocycles. The van der Waals surface area contributed by atoms with Gasteiger partial charge < -0.3 is 14.8 Å². The van der Waals surface area contributed by atoms with Gasteiger partial charge >= 0.3 is 6.09 Å². The molecule has 142 valence electrons. The van der Waals surface area contributed by atoms with Gasteiger partial charge in [0.25, 0.3) is 0 Å². The minimum atomic E-state index is -0.262. The van der Waals surface area contributed by atoms with Gasteiger partial charge in [0, 0.05) is 25.7 Å². The molecule has 1 saturated carbocycles. The number of allylic oxidation sites excluding steroid dienone is 1. The van der Waals surface area contributed by atoms with Gasteiger partial charge in [0.05, 0.1) is 5.54 Å². The third-order valence-electron chi connectivity index (χ3n) is 5.99. The molecule has 0 aromatic heterocycles. The summed E-state index contributed by atoms with van der Waals surface area (Å²) in [5, 5.41) is 3.04. The summed E-state index contributed by atoms with van der Waals surface area (Å²) in [5.41, 5.74) is 5.22. The molecule has 4 rings (SSSR count). The Hall–Kier alpha value is -2.25. The number of hydrogen-bond donors (Lipinski definition) is 1. The molecule has 1 amide bonds. The number of hydrogen-bond acceptors (Lipinski definition) is 3. The largest absolute Gasteiger partial charge is 0.447 e. The van der Waals surface area contributed by atoms with Gasteiger partial charge in [-0.15, -0.1) is 0 Å². The van der Waals surface area contributed by atoms with Gasteiger partial charge in [-0.3, -0.25) is 0 Å². The van der Waals surface area contributed by atoms with Crippen molar-refractivity contribution in [2.24, 2.45) is 0 Å². The summed E-state index contributed by atoms with van der Waals surface area (Å²) in [6.07, 6.45) is 9.03. The second-order valence-corrected chi connectivity index (χ2v) is 7.95. The van der Waals surface area contributed by atoms with Gasteiger partial charge in [-0.2, -0.15) is 0 Å². The number of unbranched alkanes of at least 4 members (excludes halogenated alkanes) is 1. The van der Waals surface area contributed by atoms with Crippen molar-refractivity contribution in [2.45, 2.75) is 56.4 Å². The SMILES string of the molecule is COCCCC#CC1=Cc2ccc(C3CC[C@]4(COC(=O)N4)C3)cc2CC1. The van der Waals surface area contributed by atoms with Gasteiger partial charge in [0.15, 0.2) is 0 Å². The van der Waals surface area contributed by atoms with Crippen molar-refractivity contribution in [3.05, 3.63) is 40.5 Å². The summed E-state index contributed by atoms with van der Waals surface area (Å²) in [4.78, 5) is 11.4. The third-order valence-corrected chi connectivity index (χ3v) is 5.99. The lowest BCUT2D eigenvalue weighted by Gasteiger charge is -2.21. The third kappa shape index (κ3) is 4.04. The van der Waals surface area contributed by atoms with Gasteiger partial charge in [-0.05, 0) is 67.2 Å². The molecule has 1 heterocycles. The first-order valence-electron chi connectivity index (χ1n) is 9.94. The van der Waals surface area contributed by atoms with Gasteiger partial charge in [-0.25, -0.2) is 4.79 Å². The number of benzene rings is 1. The molecule has 3 aliphatic rings. The quantitative estimate of drug-likeness (QED) is 0.643.